The van der Waals surface area contributed by atoms with Crippen LogP contribution in [0.15, 0.2) is 40.2 Å². The standard InChI is InChI=1S/C20H34N4O2S2.HI/c1-4-21-20(22-13-15-28(25,26)24(5-2)6-3)23-14-12-18(16-23)17-27-19-10-8-7-9-11-19;/h7-11,18H,4-6,12-17H2,1-3H3,(H,21,22);1H. The Morgan fingerprint density at radius 2 is 1.93 bits per heavy atom. The predicted octanol–water partition coefficient (Wildman–Crippen LogP) is 3.36. The molecule has 1 unspecified atom stereocenters. The van der Waals surface area contributed by atoms with Crippen molar-refractivity contribution in [1.82, 2.24) is 14.5 Å². The first-order chi connectivity index (χ1) is 13.5. The molecule has 1 saturated heterocycles. The number of aliphatic imine (C=N–C) groups is 1. The van der Waals surface area contributed by atoms with E-state index in [0.29, 0.717) is 25.6 Å². The van der Waals surface area contributed by atoms with Crippen LogP contribution in [0.4, 0.5) is 0 Å². The fourth-order valence-corrected chi connectivity index (χ4v) is 5.75. The second-order valence-corrected chi connectivity index (χ2v) is 10.0. The Morgan fingerprint density at radius 3 is 2.55 bits per heavy atom. The van der Waals surface area contributed by atoms with E-state index in [9.17, 15) is 8.42 Å². The van der Waals surface area contributed by atoms with Crippen molar-refractivity contribution >= 4 is 51.7 Å². The number of rotatable bonds is 10. The zero-order chi connectivity index (χ0) is 20.4. The van der Waals surface area contributed by atoms with Crippen LogP contribution in [-0.2, 0) is 10.0 Å². The van der Waals surface area contributed by atoms with Gasteiger partial charge in [-0.25, -0.2) is 12.7 Å². The monoisotopic (exact) mass is 554 g/mol. The van der Waals surface area contributed by atoms with E-state index in [0.717, 1.165) is 37.8 Å². The van der Waals surface area contributed by atoms with E-state index in [1.54, 1.807) is 0 Å². The molecule has 1 aliphatic rings. The van der Waals surface area contributed by atoms with E-state index in [1.165, 1.54) is 9.20 Å². The normalized spacial score (nSPS) is 17.4. The molecule has 29 heavy (non-hydrogen) atoms. The highest BCUT2D eigenvalue weighted by Crippen LogP contribution is 2.25. The van der Waals surface area contributed by atoms with E-state index in [4.69, 9.17) is 0 Å². The van der Waals surface area contributed by atoms with Gasteiger partial charge in [-0.05, 0) is 31.4 Å². The summed E-state index contributed by atoms with van der Waals surface area (Å²) in [7, 11) is -3.23. The molecule has 1 aliphatic heterocycles. The molecule has 1 atom stereocenters. The maximum atomic E-state index is 12.3. The number of nitrogens with one attached hydrogen (secondary N) is 1. The van der Waals surface area contributed by atoms with Gasteiger partial charge in [0.05, 0.1) is 12.3 Å². The molecule has 0 saturated carbocycles. The average molecular weight is 555 g/mol. The molecule has 0 amide bonds. The maximum absolute atomic E-state index is 12.3. The highest BCUT2D eigenvalue weighted by Gasteiger charge is 2.25. The first kappa shape index (κ1) is 26.5. The summed E-state index contributed by atoms with van der Waals surface area (Å²) in [6, 6.07) is 10.5. The second-order valence-electron chi connectivity index (χ2n) is 6.86. The molecular formula is C20H35IN4O2S2. The topological polar surface area (TPSA) is 65.0 Å². The van der Waals surface area contributed by atoms with Crippen molar-refractivity contribution in [2.24, 2.45) is 10.9 Å². The van der Waals surface area contributed by atoms with Gasteiger partial charge in [0.15, 0.2) is 5.96 Å². The number of hydrogen-bond donors (Lipinski definition) is 1. The summed E-state index contributed by atoms with van der Waals surface area (Å²) in [5.41, 5.74) is 0. The molecule has 1 aromatic carbocycles. The van der Waals surface area contributed by atoms with Crippen LogP contribution in [0.2, 0.25) is 0 Å². The molecule has 0 aromatic heterocycles. The fraction of sp³-hybridized carbons (Fsp3) is 0.650. The Bertz CT molecular complexity index is 712. The number of thioether (sulfide) groups is 1. The Labute approximate surface area is 198 Å². The third-order valence-electron chi connectivity index (χ3n) is 4.86. The summed E-state index contributed by atoms with van der Waals surface area (Å²) in [4.78, 5) is 8.18. The van der Waals surface area contributed by atoms with Crippen LogP contribution >= 0.6 is 35.7 Å². The number of hydrogen-bond acceptors (Lipinski definition) is 4. The van der Waals surface area contributed by atoms with Gasteiger partial charge in [-0.3, -0.25) is 4.99 Å². The lowest BCUT2D eigenvalue weighted by atomic mass is 10.2. The lowest BCUT2D eigenvalue weighted by Gasteiger charge is -2.22. The van der Waals surface area contributed by atoms with Gasteiger partial charge in [0, 0.05) is 43.4 Å². The Morgan fingerprint density at radius 1 is 1.24 bits per heavy atom. The van der Waals surface area contributed by atoms with Crippen LogP contribution < -0.4 is 5.32 Å². The highest BCUT2D eigenvalue weighted by molar-refractivity contribution is 14.0. The van der Waals surface area contributed by atoms with Crippen LogP contribution in [0.3, 0.4) is 0 Å². The van der Waals surface area contributed by atoms with Gasteiger partial charge >= 0.3 is 0 Å². The van der Waals surface area contributed by atoms with E-state index in [2.05, 4.69) is 39.5 Å². The van der Waals surface area contributed by atoms with Crippen LogP contribution in [0.1, 0.15) is 27.2 Å². The van der Waals surface area contributed by atoms with Crippen molar-refractivity contribution < 1.29 is 8.42 Å². The summed E-state index contributed by atoms with van der Waals surface area (Å²) in [5, 5.41) is 3.32. The van der Waals surface area contributed by atoms with Crippen molar-refractivity contribution in [2.45, 2.75) is 32.1 Å². The fourth-order valence-electron chi connectivity index (χ4n) is 3.33. The van der Waals surface area contributed by atoms with Gasteiger partial charge in [-0.2, -0.15) is 0 Å². The molecule has 2 rings (SSSR count). The van der Waals surface area contributed by atoms with Gasteiger partial charge in [-0.15, -0.1) is 35.7 Å². The summed E-state index contributed by atoms with van der Waals surface area (Å²) < 4.78 is 26.2. The number of sulfonamides is 1. The Hall–Kier alpha value is -0.520. The van der Waals surface area contributed by atoms with Gasteiger partial charge in [0.1, 0.15) is 0 Å². The maximum Gasteiger partial charge on any atom is 0.215 e. The van der Waals surface area contributed by atoms with Gasteiger partial charge in [0.2, 0.25) is 10.0 Å². The number of benzene rings is 1. The van der Waals surface area contributed by atoms with Crippen LogP contribution in [-0.4, -0.2) is 74.4 Å². The van der Waals surface area contributed by atoms with E-state index in [1.807, 2.05) is 38.6 Å². The number of likely N-dealkylation sites (tertiary alicyclic amines) is 1. The first-order valence-corrected chi connectivity index (χ1v) is 12.8. The van der Waals surface area contributed by atoms with Gasteiger partial charge < -0.3 is 10.2 Å². The van der Waals surface area contributed by atoms with Crippen LogP contribution in [0.5, 0.6) is 0 Å². The molecule has 1 heterocycles. The lowest BCUT2D eigenvalue weighted by Crippen LogP contribution is -2.41. The zero-order valence-electron chi connectivity index (χ0n) is 17.7. The van der Waals surface area contributed by atoms with E-state index >= 15 is 0 Å². The third kappa shape index (κ3) is 8.63. The van der Waals surface area contributed by atoms with Crippen molar-refractivity contribution in [2.75, 3.05) is 50.8 Å². The average Bonchev–Trinajstić information content (AvgIpc) is 3.16. The summed E-state index contributed by atoms with van der Waals surface area (Å²) in [6.45, 7) is 9.80. The highest BCUT2D eigenvalue weighted by atomic mass is 127. The first-order valence-electron chi connectivity index (χ1n) is 10.2. The minimum Gasteiger partial charge on any atom is -0.357 e. The molecule has 6 nitrogen and oxygen atoms in total. The minimum absolute atomic E-state index is 0. The smallest absolute Gasteiger partial charge is 0.215 e. The van der Waals surface area contributed by atoms with Crippen molar-refractivity contribution in [3.05, 3.63) is 30.3 Å². The molecule has 0 aliphatic carbocycles. The summed E-state index contributed by atoms with van der Waals surface area (Å²) in [5.74, 6) is 2.61. The van der Waals surface area contributed by atoms with Crippen LogP contribution in [0.25, 0.3) is 0 Å². The quantitative estimate of drug-likeness (QED) is 0.208. The molecule has 0 radical (unpaired) electrons. The summed E-state index contributed by atoms with van der Waals surface area (Å²) in [6.07, 6.45) is 1.14. The minimum atomic E-state index is -3.23. The van der Waals surface area contributed by atoms with Crippen LogP contribution in [0, 0.1) is 5.92 Å². The van der Waals surface area contributed by atoms with Crippen molar-refractivity contribution in [3.8, 4) is 0 Å². The largest absolute Gasteiger partial charge is 0.357 e. The van der Waals surface area contributed by atoms with E-state index in [-0.39, 0.29) is 29.7 Å². The van der Waals surface area contributed by atoms with E-state index < -0.39 is 10.0 Å². The Balaban J connectivity index is 0.00000420. The molecule has 1 aromatic rings. The molecule has 0 spiro atoms. The number of halogens is 1. The third-order valence-corrected chi connectivity index (χ3v) is 8.10. The molecule has 9 heteroatoms. The SMILES string of the molecule is CCNC(=NCCS(=O)(=O)N(CC)CC)N1CCC(CSc2ccccc2)C1.I. The number of nitrogens with zero attached hydrogens (tertiary/aromatic N) is 3. The molecular weight excluding hydrogens is 519 g/mol. The molecule has 1 N–H and O–H groups in total. The lowest BCUT2D eigenvalue weighted by molar-refractivity contribution is 0.445. The Kier molecular flexibility index (Phi) is 12.5. The number of guanidine groups is 1. The van der Waals surface area contributed by atoms with Crippen molar-refractivity contribution in [3.63, 3.8) is 0 Å². The summed E-state index contributed by atoms with van der Waals surface area (Å²) >= 11 is 1.90. The molecule has 1 fully saturated rings. The predicted molar refractivity (Wildman–Crippen MR) is 135 cm³/mol. The van der Waals surface area contributed by atoms with Gasteiger partial charge in [0.25, 0.3) is 0 Å². The van der Waals surface area contributed by atoms with Gasteiger partial charge in [-0.1, -0.05) is 32.0 Å². The molecule has 0 bridgehead atoms. The second kappa shape index (κ2) is 13.7. The zero-order valence-corrected chi connectivity index (χ0v) is 21.7. The molecule has 166 valence electrons. The van der Waals surface area contributed by atoms with Crippen molar-refractivity contribution in [1.29, 1.82) is 0 Å².